The Morgan fingerprint density at radius 3 is 2.76 bits per heavy atom. The first-order valence-electron chi connectivity index (χ1n) is 5.18. The third kappa shape index (κ3) is 5.10. The van der Waals surface area contributed by atoms with Gasteiger partial charge in [0.1, 0.15) is 5.82 Å². The van der Waals surface area contributed by atoms with Crippen LogP contribution in [0.4, 0.5) is 4.39 Å². The van der Waals surface area contributed by atoms with Crippen LogP contribution in [0.15, 0.2) is 24.3 Å². The zero-order valence-corrected chi connectivity index (χ0v) is 9.70. The highest BCUT2D eigenvalue weighted by Crippen LogP contribution is 2.04. The summed E-state index contributed by atoms with van der Waals surface area (Å²) < 4.78 is 17.6. The number of hydrogen-bond acceptors (Lipinski definition) is 3. The molecule has 5 heteroatoms. The molecule has 1 aromatic carbocycles. The van der Waals surface area contributed by atoms with E-state index in [-0.39, 0.29) is 18.1 Å². The first-order chi connectivity index (χ1) is 7.97. The summed E-state index contributed by atoms with van der Waals surface area (Å²) in [4.78, 5) is 22.1. The molecule has 4 nitrogen and oxygen atoms in total. The molecule has 17 heavy (non-hydrogen) atoms. The molecule has 0 aliphatic heterocycles. The van der Waals surface area contributed by atoms with Gasteiger partial charge in [-0.1, -0.05) is 12.1 Å². The van der Waals surface area contributed by atoms with Gasteiger partial charge in [0.2, 0.25) is 5.91 Å². The highest BCUT2D eigenvalue weighted by Gasteiger charge is 2.10. The lowest BCUT2D eigenvalue weighted by molar-refractivity contribution is -0.148. The van der Waals surface area contributed by atoms with Gasteiger partial charge in [0.25, 0.3) is 0 Å². The van der Waals surface area contributed by atoms with E-state index in [0.717, 1.165) is 0 Å². The normalized spacial score (nSPS) is 11.7. The first-order valence-corrected chi connectivity index (χ1v) is 5.18. The topological polar surface area (TPSA) is 55.4 Å². The SMILES string of the molecule is CC(=O)OC(C)NC(=O)Cc1cccc(F)c1. The van der Waals surface area contributed by atoms with Crippen molar-refractivity contribution in [3.05, 3.63) is 35.6 Å². The zero-order valence-electron chi connectivity index (χ0n) is 9.70. The quantitative estimate of drug-likeness (QED) is 0.638. The lowest BCUT2D eigenvalue weighted by Gasteiger charge is -2.13. The molecule has 0 saturated heterocycles. The molecule has 1 N–H and O–H groups in total. The Morgan fingerprint density at radius 2 is 2.18 bits per heavy atom. The second-order valence-electron chi connectivity index (χ2n) is 3.63. The summed E-state index contributed by atoms with van der Waals surface area (Å²) in [5, 5.41) is 2.47. The van der Waals surface area contributed by atoms with Gasteiger partial charge in [0.05, 0.1) is 6.42 Å². The Morgan fingerprint density at radius 1 is 1.47 bits per heavy atom. The average Bonchev–Trinajstić information content (AvgIpc) is 2.14. The van der Waals surface area contributed by atoms with Crippen LogP contribution in [0, 0.1) is 5.82 Å². The molecule has 0 aromatic heterocycles. The smallest absolute Gasteiger partial charge is 0.304 e. The maximum atomic E-state index is 12.9. The number of rotatable bonds is 4. The van der Waals surface area contributed by atoms with Gasteiger partial charge >= 0.3 is 5.97 Å². The predicted molar refractivity (Wildman–Crippen MR) is 59.5 cm³/mol. The molecular formula is C12H14FNO3. The van der Waals surface area contributed by atoms with Crippen LogP contribution in [-0.2, 0) is 20.7 Å². The van der Waals surface area contributed by atoms with Gasteiger partial charge in [0, 0.05) is 6.92 Å². The summed E-state index contributed by atoms with van der Waals surface area (Å²) in [7, 11) is 0. The van der Waals surface area contributed by atoms with Gasteiger partial charge in [-0.2, -0.15) is 0 Å². The minimum Gasteiger partial charge on any atom is -0.442 e. The highest BCUT2D eigenvalue weighted by atomic mass is 19.1. The largest absolute Gasteiger partial charge is 0.442 e. The Kier molecular flexibility index (Phi) is 4.63. The van der Waals surface area contributed by atoms with E-state index >= 15 is 0 Å². The molecule has 0 spiro atoms. The minimum absolute atomic E-state index is 0.0450. The summed E-state index contributed by atoms with van der Waals surface area (Å²) in [6.45, 7) is 2.81. The molecule has 1 aromatic rings. The molecule has 0 fully saturated rings. The van der Waals surface area contributed by atoms with Crippen molar-refractivity contribution in [2.75, 3.05) is 0 Å². The van der Waals surface area contributed by atoms with Gasteiger partial charge in [-0.3, -0.25) is 9.59 Å². The summed E-state index contributed by atoms with van der Waals surface area (Å²) in [6.07, 6.45) is -0.642. The van der Waals surface area contributed by atoms with Crippen LogP contribution in [0.2, 0.25) is 0 Å². The lowest BCUT2D eigenvalue weighted by Crippen LogP contribution is -2.36. The minimum atomic E-state index is -0.687. The van der Waals surface area contributed by atoms with Crippen molar-refractivity contribution in [2.45, 2.75) is 26.5 Å². The Bertz CT molecular complexity index is 420. The van der Waals surface area contributed by atoms with Crippen molar-refractivity contribution < 1.29 is 18.7 Å². The molecule has 92 valence electrons. The number of nitrogens with one attached hydrogen (secondary N) is 1. The van der Waals surface area contributed by atoms with Crippen molar-refractivity contribution in [1.29, 1.82) is 0 Å². The van der Waals surface area contributed by atoms with E-state index in [1.165, 1.54) is 25.1 Å². The van der Waals surface area contributed by atoms with Crippen LogP contribution < -0.4 is 5.32 Å². The van der Waals surface area contributed by atoms with Crippen molar-refractivity contribution in [3.63, 3.8) is 0 Å². The van der Waals surface area contributed by atoms with E-state index in [1.807, 2.05) is 0 Å². The third-order valence-corrected chi connectivity index (χ3v) is 1.96. The number of carbonyl (C=O) groups excluding carboxylic acids is 2. The molecule has 1 atom stereocenters. The second-order valence-corrected chi connectivity index (χ2v) is 3.63. The predicted octanol–water partition coefficient (Wildman–Crippen LogP) is 1.39. The van der Waals surface area contributed by atoms with Crippen LogP contribution in [0.3, 0.4) is 0 Å². The van der Waals surface area contributed by atoms with Crippen LogP contribution in [-0.4, -0.2) is 18.1 Å². The molecule has 1 unspecified atom stereocenters. The number of amides is 1. The molecule has 0 aliphatic carbocycles. The molecule has 0 saturated carbocycles. The lowest BCUT2D eigenvalue weighted by atomic mass is 10.1. The van der Waals surface area contributed by atoms with Gasteiger partial charge in [0.15, 0.2) is 6.23 Å². The van der Waals surface area contributed by atoms with E-state index in [0.29, 0.717) is 5.56 Å². The standard InChI is InChI=1S/C12H14FNO3/c1-8(17-9(2)15)14-12(16)7-10-4-3-5-11(13)6-10/h3-6,8H,7H2,1-2H3,(H,14,16). The second kappa shape index (κ2) is 5.98. The highest BCUT2D eigenvalue weighted by molar-refractivity contribution is 5.79. The monoisotopic (exact) mass is 239 g/mol. The van der Waals surface area contributed by atoms with Crippen LogP contribution in [0.25, 0.3) is 0 Å². The Balaban J connectivity index is 2.47. The van der Waals surface area contributed by atoms with Crippen molar-refractivity contribution in [3.8, 4) is 0 Å². The van der Waals surface area contributed by atoms with E-state index < -0.39 is 12.2 Å². The van der Waals surface area contributed by atoms with Crippen molar-refractivity contribution in [1.82, 2.24) is 5.32 Å². The Labute approximate surface area is 98.8 Å². The number of esters is 1. The van der Waals surface area contributed by atoms with Crippen molar-refractivity contribution in [2.24, 2.45) is 0 Å². The van der Waals surface area contributed by atoms with E-state index in [2.05, 4.69) is 5.32 Å². The number of ether oxygens (including phenoxy) is 1. The number of carbonyl (C=O) groups is 2. The maximum Gasteiger partial charge on any atom is 0.304 e. The first kappa shape index (κ1) is 13.2. The van der Waals surface area contributed by atoms with Crippen molar-refractivity contribution >= 4 is 11.9 Å². The summed E-state index contributed by atoms with van der Waals surface area (Å²) in [6, 6.07) is 5.78. The van der Waals surface area contributed by atoms with Crippen LogP contribution in [0.5, 0.6) is 0 Å². The molecule has 0 bridgehead atoms. The van der Waals surface area contributed by atoms with Gasteiger partial charge in [-0.05, 0) is 24.6 Å². The number of halogens is 1. The molecule has 1 amide bonds. The molecular weight excluding hydrogens is 225 g/mol. The molecule has 1 rings (SSSR count). The summed E-state index contributed by atoms with van der Waals surface area (Å²) in [5.74, 6) is -1.18. The fraction of sp³-hybridized carbons (Fsp3) is 0.333. The summed E-state index contributed by atoms with van der Waals surface area (Å²) >= 11 is 0. The van der Waals surface area contributed by atoms with Gasteiger partial charge in [-0.15, -0.1) is 0 Å². The van der Waals surface area contributed by atoms with Crippen LogP contribution >= 0.6 is 0 Å². The zero-order chi connectivity index (χ0) is 12.8. The molecule has 0 aliphatic rings. The van der Waals surface area contributed by atoms with Crippen LogP contribution in [0.1, 0.15) is 19.4 Å². The van der Waals surface area contributed by atoms with E-state index in [1.54, 1.807) is 13.0 Å². The van der Waals surface area contributed by atoms with E-state index in [4.69, 9.17) is 4.74 Å². The van der Waals surface area contributed by atoms with Gasteiger partial charge in [-0.25, -0.2) is 4.39 Å². The maximum absolute atomic E-state index is 12.9. The molecule has 0 radical (unpaired) electrons. The number of benzene rings is 1. The fourth-order valence-corrected chi connectivity index (χ4v) is 1.39. The average molecular weight is 239 g/mol. The molecule has 0 heterocycles. The fourth-order valence-electron chi connectivity index (χ4n) is 1.39. The third-order valence-electron chi connectivity index (χ3n) is 1.96. The Hall–Kier alpha value is -1.91. The van der Waals surface area contributed by atoms with E-state index in [9.17, 15) is 14.0 Å². The summed E-state index contributed by atoms with van der Waals surface area (Å²) in [5.41, 5.74) is 0.567. The number of hydrogen-bond donors (Lipinski definition) is 1. The van der Waals surface area contributed by atoms with Gasteiger partial charge < -0.3 is 10.1 Å².